The summed E-state index contributed by atoms with van der Waals surface area (Å²) in [6, 6.07) is 11.2. The molecule has 180 valence electrons. The van der Waals surface area contributed by atoms with E-state index in [4.69, 9.17) is 11.6 Å². The minimum absolute atomic E-state index is 0.0531. The fourth-order valence-corrected chi connectivity index (χ4v) is 4.62. The number of benzene rings is 2. The van der Waals surface area contributed by atoms with Crippen LogP contribution in [0.25, 0.3) is 27.9 Å². The van der Waals surface area contributed by atoms with Crippen molar-refractivity contribution in [3.05, 3.63) is 82.4 Å². The molecule has 0 aliphatic carbocycles. The minimum Gasteiger partial charge on any atom is -0.507 e. The third-order valence-electron chi connectivity index (χ3n) is 6.42. The standard InChI is InChI=1S/C26H25ClFN5O2/c1-30-7-10-32(11-8-30)24-14-18(5-6-29-24)21-16-19(28)15-20(25(21)34)17-3-4-23(22(27)13-17)33-12-9-31(2)26(33)35/h3-6,9,12-16,34H,7-8,10-11H2,1-2H3. The number of imidazole rings is 1. The maximum absolute atomic E-state index is 14.8. The second-order valence-corrected chi connectivity index (χ2v) is 9.18. The zero-order chi connectivity index (χ0) is 24.7. The van der Waals surface area contributed by atoms with Gasteiger partial charge in [0.05, 0.1) is 10.7 Å². The minimum atomic E-state index is -0.481. The fourth-order valence-electron chi connectivity index (χ4n) is 4.35. The van der Waals surface area contributed by atoms with Crippen LogP contribution in [-0.4, -0.2) is 57.4 Å². The molecular weight excluding hydrogens is 469 g/mol. The van der Waals surface area contributed by atoms with Gasteiger partial charge in [-0.15, -0.1) is 0 Å². The molecule has 2 aromatic carbocycles. The zero-order valence-electron chi connectivity index (χ0n) is 19.4. The van der Waals surface area contributed by atoms with Gasteiger partial charge in [0.15, 0.2) is 0 Å². The lowest BCUT2D eigenvalue weighted by atomic mass is 9.97. The molecule has 0 saturated carbocycles. The first-order chi connectivity index (χ1) is 16.8. The molecule has 0 amide bonds. The predicted octanol–water partition coefficient (Wildman–Crippen LogP) is 4.15. The first-order valence-electron chi connectivity index (χ1n) is 11.3. The van der Waals surface area contributed by atoms with Crippen molar-refractivity contribution in [3.63, 3.8) is 0 Å². The number of hydrogen-bond donors (Lipinski definition) is 1. The van der Waals surface area contributed by atoms with E-state index < -0.39 is 5.82 Å². The van der Waals surface area contributed by atoms with Gasteiger partial charge in [-0.25, -0.2) is 14.2 Å². The van der Waals surface area contributed by atoms with E-state index in [1.54, 1.807) is 49.9 Å². The summed E-state index contributed by atoms with van der Waals surface area (Å²) in [7, 11) is 3.74. The summed E-state index contributed by atoms with van der Waals surface area (Å²) in [5, 5.41) is 11.5. The molecule has 0 radical (unpaired) electrons. The Kier molecular flexibility index (Phi) is 6.08. The lowest BCUT2D eigenvalue weighted by Crippen LogP contribution is -2.44. The molecule has 35 heavy (non-hydrogen) atoms. The fraction of sp³-hybridized carbons (Fsp3) is 0.231. The van der Waals surface area contributed by atoms with Crippen LogP contribution in [0.3, 0.4) is 0 Å². The molecule has 1 N–H and O–H groups in total. The number of phenolic OH excluding ortho intramolecular Hbond substituents is 1. The van der Waals surface area contributed by atoms with E-state index in [9.17, 15) is 14.3 Å². The number of likely N-dealkylation sites (N-methyl/N-ethyl adjacent to an activating group) is 1. The summed E-state index contributed by atoms with van der Waals surface area (Å²) in [6.07, 6.45) is 4.95. The van der Waals surface area contributed by atoms with Crippen LogP contribution < -0.4 is 10.6 Å². The van der Waals surface area contributed by atoms with Crippen molar-refractivity contribution in [2.75, 3.05) is 38.1 Å². The molecule has 4 aromatic rings. The molecule has 0 spiro atoms. The number of hydrogen-bond acceptors (Lipinski definition) is 5. The Bertz CT molecular complexity index is 1460. The van der Waals surface area contributed by atoms with Gasteiger partial charge < -0.3 is 19.5 Å². The molecule has 1 aliphatic heterocycles. The zero-order valence-corrected chi connectivity index (χ0v) is 20.2. The van der Waals surface area contributed by atoms with Crippen molar-refractivity contribution in [2.24, 2.45) is 7.05 Å². The molecule has 0 bridgehead atoms. The highest BCUT2D eigenvalue weighted by Gasteiger charge is 2.19. The highest BCUT2D eigenvalue weighted by Crippen LogP contribution is 2.40. The van der Waals surface area contributed by atoms with Crippen LogP contribution >= 0.6 is 11.6 Å². The molecular formula is C26H25ClFN5O2. The average Bonchev–Trinajstić information content (AvgIpc) is 3.18. The molecule has 5 rings (SSSR count). The summed E-state index contributed by atoms with van der Waals surface area (Å²) in [5.41, 5.74) is 2.16. The van der Waals surface area contributed by atoms with Crippen LogP contribution in [0.1, 0.15) is 0 Å². The Balaban J connectivity index is 1.53. The Morgan fingerprint density at radius 1 is 0.943 bits per heavy atom. The van der Waals surface area contributed by atoms with Gasteiger partial charge in [0.25, 0.3) is 0 Å². The predicted molar refractivity (Wildman–Crippen MR) is 136 cm³/mol. The van der Waals surface area contributed by atoms with Crippen LogP contribution in [0, 0.1) is 5.82 Å². The number of aromatic nitrogens is 3. The summed E-state index contributed by atoms with van der Waals surface area (Å²) >= 11 is 6.50. The van der Waals surface area contributed by atoms with Crippen molar-refractivity contribution >= 4 is 17.4 Å². The number of rotatable bonds is 4. The maximum Gasteiger partial charge on any atom is 0.332 e. The lowest BCUT2D eigenvalue weighted by molar-refractivity contribution is 0.312. The van der Waals surface area contributed by atoms with E-state index in [-0.39, 0.29) is 11.4 Å². The highest BCUT2D eigenvalue weighted by atomic mass is 35.5. The molecule has 1 aliphatic rings. The average molecular weight is 494 g/mol. The Morgan fingerprint density at radius 3 is 2.26 bits per heavy atom. The second-order valence-electron chi connectivity index (χ2n) is 8.77. The quantitative estimate of drug-likeness (QED) is 0.462. The summed E-state index contributed by atoms with van der Waals surface area (Å²) in [5.74, 6) is 0.259. The Morgan fingerprint density at radius 2 is 1.63 bits per heavy atom. The molecule has 1 saturated heterocycles. The van der Waals surface area contributed by atoms with Crippen molar-refractivity contribution in [3.8, 4) is 33.7 Å². The van der Waals surface area contributed by atoms with E-state index in [2.05, 4.69) is 21.8 Å². The number of halogens is 2. The van der Waals surface area contributed by atoms with E-state index in [0.717, 1.165) is 32.0 Å². The molecule has 7 nitrogen and oxygen atoms in total. The van der Waals surface area contributed by atoms with Crippen molar-refractivity contribution in [2.45, 2.75) is 0 Å². The van der Waals surface area contributed by atoms with Gasteiger partial charge in [0, 0.05) is 62.9 Å². The number of anilines is 1. The molecule has 1 fully saturated rings. The molecule has 0 atom stereocenters. The Hall–Kier alpha value is -3.62. The number of aryl methyl sites for hydroxylation is 1. The molecule has 9 heteroatoms. The number of nitrogens with zero attached hydrogens (tertiary/aromatic N) is 5. The topological polar surface area (TPSA) is 66.5 Å². The summed E-state index contributed by atoms with van der Waals surface area (Å²) < 4.78 is 17.6. The summed E-state index contributed by atoms with van der Waals surface area (Å²) in [4.78, 5) is 21.2. The van der Waals surface area contributed by atoms with Gasteiger partial charge in [-0.1, -0.05) is 17.7 Å². The number of pyridine rings is 1. The van der Waals surface area contributed by atoms with Gasteiger partial charge >= 0.3 is 5.69 Å². The van der Waals surface area contributed by atoms with Crippen molar-refractivity contribution < 1.29 is 9.50 Å². The maximum atomic E-state index is 14.8. The van der Waals surface area contributed by atoms with Crippen LogP contribution in [0.5, 0.6) is 5.75 Å². The lowest BCUT2D eigenvalue weighted by Gasteiger charge is -2.33. The molecule has 2 aromatic heterocycles. The van der Waals surface area contributed by atoms with Crippen molar-refractivity contribution in [1.82, 2.24) is 19.0 Å². The smallest absolute Gasteiger partial charge is 0.332 e. The van der Waals surface area contributed by atoms with E-state index >= 15 is 0 Å². The van der Waals surface area contributed by atoms with E-state index in [1.165, 1.54) is 21.3 Å². The van der Waals surface area contributed by atoms with E-state index in [0.29, 0.717) is 33.0 Å². The van der Waals surface area contributed by atoms with Gasteiger partial charge in [0.1, 0.15) is 17.4 Å². The van der Waals surface area contributed by atoms with Crippen LogP contribution in [-0.2, 0) is 7.05 Å². The third-order valence-corrected chi connectivity index (χ3v) is 6.73. The number of aromatic hydroxyl groups is 1. The van der Waals surface area contributed by atoms with Crippen molar-refractivity contribution in [1.29, 1.82) is 0 Å². The Labute approximate surface area is 207 Å². The van der Waals surface area contributed by atoms with Crippen LogP contribution in [0.15, 0.2) is 65.8 Å². The monoisotopic (exact) mass is 493 g/mol. The van der Waals surface area contributed by atoms with Gasteiger partial charge in [0.2, 0.25) is 0 Å². The van der Waals surface area contributed by atoms with Gasteiger partial charge in [-0.3, -0.25) is 4.57 Å². The molecule has 0 unspecified atom stereocenters. The molecule has 3 heterocycles. The first kappa shape index (κ1) is 23.1. The first-order valence-corrected chi connectivity index (χ1v) is 11.7. The number of piperazine rings is 1. The third kappa shape index (κ3) is 4.42. The second kappa shape index (κ2) is 9.20. The highest BCUT2D eigenvalue weighted by molar-refractivity contribution is 6.32. The van der Waals surface area contributed by atoms with E-state index in [1.807, 2.05) is 6.07 Å². The number of phenols is 1. The largest absolute Gasteiger partial charge is 0.507 e. The summed E-state index contributed by atoms with van der Waals surface area (Å²) in [6.45, 7) is 3.58. The van der Waals surface area contributed by atoms with Gasteiger partial charge in [-0.2, -0.15) is 0 Å². The van der Waals surface area contributed by atoms with Crippen LogP contribution in [0.4, 0.5) is 10.2 Å². The van der Waals surface area contributed by atoms with Gasteiger partial charge in [-0.05, 0) is 54.6 Å². The SMILES string of the molecule is CN1CCN(c2cc(-c3cc(F)cc(-c4ccc(-n5ccn(C)c5=O)c(Cl)c4)c3O)ccn2)CC1. The van der Waals surface area contributed by atoms with Crippen LogP contribution in [0.2, 0.25) is 5.02 Å². The normalized spacial score (nSPS) is 14.5.